The van der Waals surface area contributed by atoms with Crippen LogP contribution in [0.25, 0.3) is 10.4 Å². The summed E-state index contributed by atoms with van der Waals surface area (Å²) in [6, 6.07) is 0.685. The Morgan fingerprint density at radius 1 is 1.62 bits per heavy atom. The van der Waals surface area contributed by atoms with Crippen LogP contribution in [-0.4, -0.2) is 41.2 Å². The number of rotatable bonds is 1. The van der Waals surface area contributed by atoms with Gasteiger partial charge in [-0.1, -0.05) is 5.11 Å². The summed E-state index contributed by atoms with van der Waals surface area (Å²) in [5.74, 6) is 0. The summed E-state index contributed by atoms with van der Waals surface area (Å²) >= 11 is 0. The Kier molecular flexibility index (Phi) is 3.06. The van der Waals surface area contributed by atoms with Crippen molar-refractivity contribution in [2.75, 3.05) is 6.61 Å². The smallest absolute Gasteiger partial charge is 0.170 e. The van der Waals surface area contributed by atoms with E-state index in [0.717, 1.165) is 0 Å². The lowest BCUT2D eigenvalue weighted by molar-refractivity contribution is -0.113. The van der Waals surface area contributed by atoms with Crippen LogP contribution in [0, 0.1) is 11.3 Å². The van der Waals surface area contributed by atoms with Crippen molar-refractivity contribution in [1.29, 1.82) is 5.26 Å². The lowest BCUT2D eigenvalue weighted by atomic mass is 9.99. The van der Waals surface area contributed by atoms with Crippen LogP contribution in [0.1, 0.15) is 0 Å². The molecule has 1 aliphatic heterocycles. The highest BCUT2D eigenvalue weighted by molar-refractivity contribution is 5.01. The lowest BCUT2D eigenvalue weighted by Gasteiger charge is -2.32. The summed E-state index contributed by atoms with van der Waals surface area (Å²) in [4.78, 5) is 2.47. The fourth-order valence-corrected chi connectivity index (χ4v) is 1.12. The first-order chi connectivity index (χ1) is 6.20. The average Bonchev–Trinajstić information content (AvgIpc) is 2.12. The number of hydrogen-bond acceptors (Lipinski definition) is 5. The summed E-state index contributed by atoms with van der Waals surface area (Å²) in [7, 11) is 0. The summed E-state index contributed by atoms with van der Waals surface area (Å²) < 4.78 is 4.78. The first kappa shape index (κ1) is 9.77. The van der Waals surface area contributed by atoms with Crippen LogP contribution in [0.4, 0.5) is 0 Å². The molecule has 2 N–H and O–H groups in total. The number of aliphatic hydroxyl groups excluding tert-OH is 2. The quantitative estimate of drug-likeness (QED) is 0.318. The number of aliphatic hydroxyl groups is 2. The number of ether oxygens (including phenoxy) is 1. The zero-order chi connectivity index (χ0) is 9.84. The number of nitrogens with zero attached hydrogens (tertiary/aromatic N) is 4. The molecule has 0 aromatic heterocycles. The fourth-order valence-electron chi connectivity index (χ4n) is 1.12. The number of nitriles is 1. The van der Waals surface area contributed by atoms with Gasteiger partial charge in [0, 0.05) is 4.91 Å². The molecular weight excluding hydrogens is 176 g/mol. The Hall–Kier alpha value is -1.32. The van der Waals surface area contributed by atoms with Crippen molar-refractivity contribution < 1.29 is 14.9 Å². The molecule has 0 saturated carbocycles. The minimum absolute atomic E-state index is 0.112. The van der Waals surface area contributed by atoms with E-state index in [1.165, 1.54) is 0 Å². The topological polar surface area (TPSA) is 122 Å². The first-order valence-electron chi connectivity index (χ1n) is 3.62. The molecule has 1 rings (SSSR count). The molecule has 1 unspecified atom stereocenters. The Bertz CT molecular complexity index is 270. The molecule has 0 bridgehead atoms. The van der Waals surface area contributed by atoms with Gasteiger partial charge in [0.1, 0.15) is 6.10 Å². The fraction of sp³-hybridized carbons (Fsp3) is 0.833. The van der Waals surface area contributed by atoms with E-state index in [-0.39, 0.29) is 6.61 Å². The molecule has 0 radical (unpaired) electrons. The normalized spacial score (nSPS) is 38.8. The van der Waals surface area contributed by atoms with Crippen molar-refractivity contribution in [3.05, 3.63) is 10.4 Å². The molecule has 1 saturated heterocycles. The zero-order valence-corrected chi connectivity index (χ0v) is 6.61. The molecule has 1 heterocycles. The largest absolute Gasteiger partial charge is 0.390 e. The van der Waals surface area contributed by atoms with Crippen molar-refractivity contribution in [2.45, 2.75) is 24.4 Å². The van der Waals surface area contributed by atoms with Crippen molar-refractivity contribution in [2.24, 2.45) is 5.11 Å². The van der Waals surface area contributed by atoms with Crippen molar-refractivity contribution in [1.82, 2.24) is 0 Å². The molecule has 4 atom stereocenters. The van der Waals surface area contributed by atoms with Crippen molar-refractivity contribution >= 4 is 0 Å². The van der Waals surface area contributed by atoms with Gasteiger partial charge in [0.2, 0.25) is 0 Å². The molecule has 0 aromatic rings. The Morgan fingerprint density at radius 3 is 2.85 bits per heavy atom. The highest BCUT2D eigenvalue weighted by atomic mass is 16.5. The van der Waals surface area contributed by atoms with Crippen molar-refractivity contribution in [3.63, 3.8) is 0 Å². The summed E-state index contributed by atoms with van der Waals surface area (Å²) in [6.45, 7) is -0.112. The third-order valence-electron chi connectivity index (χ3n) is 1.81. The van der Waals surface area contributed by atoms with Gasteiger partial charge < -0.3 is 14.9 Å². The zero-order valence-electron chi connectivity index (χ0n) is 6.61. The van der Waals surface area contributed by atoms with E-state index in [4.69, 9.17) is 15.5 Å². The van der Waals surface area contributed by atoms with Gasteiger partial charge in [-0.3, -0.25) is 0 Å². The second-order valence-corrected chi connectivity index (χ2v) is 2.64. The molecule has 13 heavy (non-hydrogen) atoms. The third-order valence-corrected chi connectivity index (χ3v) is 1.81. The van der Waals surface area contributed by atoms with Gasteiger partial charge in [0.05, 0.1) is 24.8 Å². The standard InChI is InChI=1S/C6H8N4O3/c7-1-4-6(12)5(9-10-8)3(11)2-13-4/h3-6,11-12H,2H2/t3-,4?,5-,6+/m1/s1. The average molecular weight is 184 g/mol. The highest BCUT2D eigenvalue weighted by Gasteiger charge is 2.38. The van der Waals surface area contributed by atoms with Gasteiger partial charge in [-0.25, -0.2) is 0 Å². The van der Waals surface area contributed by atoms with Gasteiger partial charge in [0.25, 0.3) is 0 Å². The Labute approximate surface area is 73.8 Å². The predicted molar refractivity (Wildman–Crippen MR) is 40.3 cm³/mol. The van der Waals surface area contributed by atoms with E-state index in [2.05, 4.69) is 10.0 Å². The molecule has 0 spiro atoms. The maximum atomic E-state index is 9.36. The number of hydrogen-bond donors (Lipinski definition) is 2. The SMILES string of the molecule is N#CC1OC[C@@H](O)[C@@H](N=[N+]=[N-])[C@H]1O. The van der Waals surface area contributed by atoms with Crippen LogP contribution in [-0.2, 0) is 4.74 Å². The minimum atomic E-state index is -1.27. The van der Waals surface area contributed by atoms with Crippen LogP contribution in [0.3, 0.4) is 0 Å². The molecule has 70 valence electrons. The molecular formula is C6H8N4O3. The highest BCUT2D eigenvalue weighted by Crippen LogP contribution is 2.17. The monoisotopic (exact) mass is 184 g/mol. The molecule has 7 nitrogen and oxygen atoms in total. The minimum Gasteiger partial charge on any atom is -0.390 e. The Balaban J connectivity index is 2.78. The van der Waals surface area contributed by atoms with Gasteiger partial charge in [-0.15, -0.1) is 0 Å². The van der Waals surface area contributed by atoms with E-state index >= 15 is 0 Å². The van der Waals surface area contributed by atoms with Crippen molar-refractivity contribution in [3.8, 4) is 6.07 Å². The van der Waals surface area contributed by atoms with Gasteiger partial charge in [0.15, 0.2) is 6.10 Å². The van der Waals surface area contributed by atoms with Crippen LogP contribution in [0.2, 0.25) is 0 Å². The molecule has 7 heteroatoms. The van der Waals surface area contributed by atoms with Crippen LogP contribution < -0.4 is 0 Å². The number of azide groups is 1. The van der Waals surface area contributed by atoms with Crippen LogP contribution in [0.5, 0.6) is 0 Å². The van der Waals surface area contributed by atoms with E-state index in [1.54, 1.807) is 6.07 Å². The van der Waals surface area contributed by atoms with E-state index in [1.807, 2.05) is 0 Å². The van der Waals surface area contributed by atoms with Gasteiger partial charge in [-0.05, 0) is 5.53 Å². The lowest BCUT2D eigenvalue weighted by Crippen LogP contribution is -2.51. The molecule has 0 amide bonds. The molecule has 1 aliphatic rings. The summed E-state index contributed by atoms with van der Waals surface area (Å²) in [6.07, 6.45) is -3.38. The third kappa shape index (κ3) is 1.88. The Morgan fingerprint density at radius 2 is 2.31 bits per heavy atom. The summed E-state index contributed by atoms with van der Waals surface area (Å²) in [5, 5.41) is 30.3. The second kappa shape index (κ2) is 4.07. The van der Waals surface area contributed by atoms with E-state index in [0.29, 0.717) is 0 Å². The van der Waals surface area contributed by atoms with Gasteiger partial charge >= 0.3 is 0 Å². The second-order valence-electron chi connectivity index (χ2n) is 2.64. The molecule has 1 fully saturated rings. The van der Waals surface area contributed by atoms with E-state index in [9.17, 15) is 10.2 Å². The van der Waals surface area contributed by atoms with E-state index < -0.39 is 24.4 Å². The summed E-state index contributed by atoms with van der Waals surface area (Å²) in [5.41, 5.74) is 8.13. The van der Waals surface area contributed by atoms with Crippen LogP contribution in [0.15, 0.2) is 5.11 Å². The van der Waals surface area contributed by atoms with Crippen LogP contribution >= 0.6 is 0 Å². The first-order valence-corrected chi connectivity index (χ1v) is 3.62. The maximum Gasteiger partial charge on any atom is 0.170 e. The molecule has 0 aliphatic carbocycles. The predicted octanol–water partition coefficient (Wildman–Crippen LogP) is -0.691. The maximum absolute atomic E-state index is 9.36. The molecule has 0 aromatic carbocycles. The van der Waals surface area contributed by atoms with Gasteiger partial charge in [-0.2, -0.15) is 5.26 Å².